The molecule has 56 heavy (non-hydrogen) atoms. The topological polar surface area (TPSA) is 49.8 Å². The molecule has 2 aliphatic heterocycles. The van der Waals surface area contributed by atoms with Crippen LogP contribution >= 0.6 is 0 Å². The van der Waals surface area contributed by atoms with Gasteiger partial charge >= 0.3 is 14.2 Å². The van der Waals surface area contributed by atoms with Gasteiger partial charge in [0, 0.05) is 11.1 Å². The highest BCUT2D eigenvalue weighted by molar-refractivity contribution is 6.66. The first-order valence-corrected chi connectivity index (χ1v) is 19.8. The molecule has 1 aromatic heterocycles. The molecule has 2 aliphatic rings. The van der Waals surface area contributed by atoms with Crippen molar-refractivity contribution >= 4 is 25.2 Å². The zero-order valence-electron chi connectivity index (χ0n) is 33.9. The maximum atomic E-state index is 6.51. The van der Waals surface area contributed by atoms with Crippen LogP contribution in [0.25, 0.3) is 44.8 Å². The molecule has 0 N–H and O–H groups in total. The van der Waals surface area contributed by atoms with Crippen LogP contribution in [0.5, 0.6) is 0 Å². The Morgan fingerprint density at radius 3 is 1.20 bits per heavy atom. The molecule has 0 unspecified atom stereocenters. The lowest BCUT2D eigenvalue weighted by Crippen LogP contribution is -2.41. The van der Waals surface area contributed by atoms with E-state index < -0.39 is 36.6 Å². The molecule has 0 radical (unpaired) electrons. The third-order valence-corrected chi connectivity index (χ3v) is 12.3. The van der Waals surface area contributed by atoms with Crippen LogP contribution in [0.3, 0.4) is 0 Å². The third kappa shape index (κ3) is 7.66. The van der Waals surface area contributed by atoms with Crippen molar-refractivity contribution < 1.29 is 18.6 Å². The molecular formula is C49H51B2NO4. The molecule has 6 aromatic rings. The second kappa shape index (κ2) is 14.6. The Bertz CT molecular complexity index is 2240. The molecule has 0 spiro atoms. The highest BCUT2D eigenvalue weighted by Gasteiger charge is 2.54. The fraction of sp³-hybridized carbons (Fsp3) is 0.286. The number of hydrogen-bond donors (Lipinski definition) is 0. The number of nitrogens with zero attached hydrogens (tertiary/aromatic N) is 1. The molecule has 7 heteroatoms. The van der Waals surface area contributed by atoms with Gasteiger partial charge in [-0.25, -0.2) is 4.98 Å². The Labute approximate surface area is 333 Å². The molecule has 3 heterocycles. The minimum atomic E-state index is -0.480. The Kier molecular flexibility index (Phi) is 9.95. The van der Waals surface area contributed by atoms with Gasteiger partial charge in [0.1, 0.15) is 0 Å². The van der Waals surface area contributed by atoms with Gasteiger partial charge in [-0.05, 0) is 125 Å². The molecular weight excluding hydrogens is 688 g/mol. The molecule has 2 saturated heterocycles. The van der Waals surface area contributed by atoms with E-state index in [0.29, 0.717) is 0 Å². The van der Waals surface area contributed by atoms with Crippen LogP contribution < -0.4 is 10.9 Å². The number of aryl methyl sites for hydroxylation is 2. The first-order chi connectivity index (χ1) is 26.7. The summed E-state index contributed by atoms with van der Waals surface area (Å²) in [5, 5.41) is 0. The van der Waals surface area contributed by atoms with E-state index in [4.69, 9.17) is 23.6 Å². The van der Waals surface area contributed by atoms with E-state index in [9.17, 15) is 0 Å². The molecule has 2 fully saturated rings. The SMILES string of the molecule is CC1(C)OB(c2cc(CCc3ccc(-c4cc(-c5ccc(-c6ccccc6)cc5)cc(-c5ccccc5)n4)cc3)cc(B3OC(C)(C)C(C)(C)O3)c2)OC1(C)C. The monoisotopic (exact) mass is 739 g/mol. The van der Waals surface area contributed by atoms with Gasteiger partial charge in [0.15, 0.2) is 0 Å². The van der Waals surface area contributed by atoms with Gasteiger partial charge in [0.05, 0.1) is 33.8 Å². The summed E-state index contributed by atoms with van der Waals surface area (Å²) in [7, 11) is -0.961. The van der Waals surface area contributed by atoms with Gasteiger partial charge in [-0.1, -0.05) is 127 Å². The van der Waals surface area contributed by atoms with Crippen molar-refractivity contribution in [1.82, 2.24) is 4.98 Å². The summed E-state index contributed by atoms with van der Waals surface area (Å²) in [6.07, 6.45) is 1.70. The molecule has 5 nitrogen and oxygen atoms in total. The average molecular weight is 740 g/mol. The van der Waals surface area contributed by atoms with E-state index in [1.807, 2.05) is 6.07 Å². The van der Waals surface area contributed by atoms with E-state index >= 15 is 0 Å². The number of pyridine rings is 1. The van der Waals surface area contributed by atoms with E-state index in [-0.39, 0.29) is 0 Å². The lowest BCUT2D eigenvalue weighted by atomic mass is 9.70. The number of hydrogen-bond acceptors (Lipinski definition) is 5. The van der Waals surface area contributed by atoms with Gasteiger partial charge in [-0.3, -0.25) is 0 Å². The second-order valence-electron chi connectivity index (χ2n) is 17.3. The summed E-state index contributed by atoms with van der Waals surface area (Å²) in [5.74, 6) is 0. The first kappa shape index (κ1) is 38.1. The maximum absolute atomic E-state index is 6.51. The predicted molar refractivity (Wildman–Crippen MR) is 231 cm³/mol. The van der Waals surface area contributed by atoms with Crippen molar-refractivity contribution in [3.63, 3.8) is 0 Å². The highest BCUT2D eigenvalue weighted by Crippen LogP contribution is 2.38. The third-order valence-electron chi connectivity index (χ3n) is 12.3. The zero-order chi connectivity index (χ0) is 39.3. The zero-order valence-corrected chi connectivity index (χ0v) is 33.9. The van der Waals surface area contributed by atoms with Crippen molar-refractivity contribution in [2.24, 2.45) is 0 Å². The number of rotatable bonds is 9. The Balaban J connectivity index is 1.06. The van der Waals surface area contributed by atoms with Crippen LogP contribution in [0.15, 0.2) is 140 Å². The van der Waals surface area contributed by atoms with Gasteiger partial charge in [-0.2, -0.15) is 0 Å². The minimum absolute atomic E-state index is 0.441. The van der Waals surface area contributed by atoms with Gasteiger partial charge in [-0.15, -0.1) is 0 Å². The van der Waals surface area contributed by atoms with Gasteiger partial charge < -0.3 is 18.6 Å². The fourth-order valence-electron chi connectivity index (χ4n) is 7.34. The largest absolute Gasteiger partial charge is 0.494 e. The van der Waals surface area contributed by atoms with Crippen molar-refractivity contribution in [3.05, 3.63) is 151 Å². The van der Waals surface area contributed by atoms with E-state index in [0.717, 1.165) is 57.4 Å². The van der Waals surface area contributed by atoms with Crippen LogP contribution in [0.1, 0.15) is 66.5 Å². The van der Waals surface area contributed by atoms with Gasteiger partial charge in [0.25, 0.3) is 0 Å². The van der Waals surface area contributed by atoms with Gasteiger partial charge in [0.2, 0.25) is 0 Å². The van der Waals surface area contributed by atoms with E-state index in [1.165, 1.54) is 22.3 Å². The van der Waals surface area contributed by atoms with Crippen LogP contribution in [0.2, 0.25) is 0 Å². The van der Waals surface area contributed by atoms with Crippen LogP contribution in [-0.2, 0) is 31.5 Å². The van der Waals surface area contributed by atoms with E-state index in [1.54, 1.807) is 0 Å². The van der Waals surface area contributed by atoms with Crippen LogP contribution in [0.4, 0.5) is 0 Å². The average Bonchev–Trinajstić information content (AvgIpc) is 3.57. The van der Waals surface area contributed by atoms with Crippen LogP contribution in [-0.4, -0.2) is 41.6 Å². The lowest BCUT2D eigenvalue weighted by molar-refractivity contribution is 0.00578. The number of benzene rings is 5. The molecule has 5 aromatic carbocycles. The first-order valence-electron chi connectivity index (χ1n) is 19.8. The highest BCUT2D eigenvalue weighted by atomic mass is 16.7. The molecule has 0 atom stereocenters. The molecule has 0 aliphatic carbocycles. The van der Waals surface area contributed by atoms with Crippen molar-refractivity contribution in [1.29, 1.82) is 0 Å². The summed E-state index contributed by atoms with van der Waals surface area (Å²) in [6.45, 7) is 16.7. The summed E-state index contributed by atoms with van der Waals surface area (Å²) < 4.78 is 26.0. The van der Waals surface area contributed by atoms with E-state index in [2.05, 4.69) is 189 Å². The molecule has 0 saturated carbocycles. The Morgan fingerprint density at radius 2 is 0.732 bits per heavy atom. The minimum Gasteiger partial charge on any atom is -0.399 e. The maximum Gasteiger partial charge on any atom is 0.494 e. The smallest absolute Gasteiger partial charge is 0.399 e. The number of aromatic nitrogens is 1. The van der Waals surface area contributed by atoms with Crippen molar-refractivity contribution in [2.75, 3.05) is 0 Å². The second-order valence-corrected chi connectivity index (χ2v) is 17.3. The molecule has 0 bridgehead atoms. The normalized spacial score (nSPS) is 18.0. The van der Waals surface area contributed by atoms with Crippen molar-refractivity contribution in [2.45, 2.75) is 90.6 Å². The fourth-order valence-corrected chi connectivity index (χ4v) is 7.34. The van der Waals surface area contributed by atoms with Crippen molar-refractivity contribution in [3.8, 4) is 44.8 Å². The molecule has 8 rings (SSSR count). The molecule has 282 valence electrons. The predicted octanol–water partition coefficient (Wildman–Crippen LogP) is 10.1. The summed E-state index contributed by atoms with van der Waals surface area (Å²) in [6, 6.07) is 49.6. The standard InChI is InChI=1S/C49H51B2NO4/c1-46(2)47(3,4)54-50(53-46)42-29-35(30-43(33-42)51-55-48(5,6)49(7,8)56-51)20-19-34-21-23-40(24-22-34)45-32-41(31-44(52-45)39-17-13-10-14-18-39)38-27-25-37(26-28-38)36-15-11-9-12-16-36/h9-18,21-33H,19-20H2,1-8H3. The molecule has 0 amide bonds. The Hall–Kier alpha value is -4.78. The Morgan fingerprint density at radius 1 is 0.375 bits per heavy atom. The summed E-state index contributed by atoms with van der Waals surface area (Å²) in [4.78, 5) is 5.18. The lowest BCUT2D eigenvalue weighted by Gasteiger charge is -2.32. The van der Waals surface area contributed by atoms with Crippen LogP contribution in [0, 0.1) is 0 Å². The quantitative estimate of drug-likeness (QED) is 0.138. The summed E-state index contributed by atoms with van der Waals surface area (Å²) >= 11 is 0. The summed E-state index contributed by atoms with van der Waals surface area (Å²) in [5.41, 5.74) is 11.4.